The van der Waals surface area contributed by atoms with Gasteiger partial charge in [0, 0.05) is 30.9 Å². The molecule has 1 heterocycles. The Kier molecular flexibility index (Phi) is 4.06. The number of likely N-dealkylation sites (tertiary alicyclic amines) is 1. The predicted octanol–water partition coefficient (Wildman–Crippen LogP) is 3.14. The zero-order chi connectivity index (χ0) is 12.3. The van der Waals surface area contributed by atoms with E-state index in [0.29, 0.717) is 12.1 Å². The zero-order valence-electron chi connectivity index (χ0n) is 11.2. The summed E-state index contributed by atoms with van der Waals surface area (Å²) < 4.78 is 0. The minimum Gasteiger partial charge on any atom is -0.381 e. The highest BCUT2D eigenvalue weighted by Gasteiger charge is 2.23. The molecule has 2 heteroatoms. The maximum atomic E-state index is 3.66. The van der Waals surface area contributed by atoms with Gasteiger partial charge < -0.3 is 5.32 Å². The van der Waals surface area contributed by atoms with Crippen LogP contribution in [-0.2, 0) is 6.42 Å². The second-order valence-corrected chi connectivity index (χ2v) is 5.27. The van der Waals surface area contributed by atoms with Crippen LogP contribution in [0.4, 0.5) is 5.69 Å². The van der Waals surface area contributed by atoms with Gasteiger partial charge in [0.15, 0.2) is 0 Å². The van der Waals surface area contributed by atoms with E-state index in [2.05, 4.69) is 55.3 Å². The van der Waals surface area contributed by atoms with Crippen LogP contribution in [0.5, 0.6) is 0 Å². The molecule has 0 aromatic heterocycles. The molecule has 1 aromatic carbocycles. The molecule has 0 radical (unpaired) electrons. The third kappa shape index (κ3) is 3.22. The van der Waals surface area contributed by atoms with Gasteiger partial charge in [0.05, 0.1) is 0 Å². The van der Waals surface area contributed by atoms with Crippen LogP contribution < -0.4 is 5.32 Å². The quantitative estimate of drug-likeness (QED) is 0.858. The van der Waals surface area contributed by atoms with Gasteiger partial charge in [-0.3, -0.25) is 4.90 Å². The molecule has 1 N–H and O–H groups in total. The molecule has 1 saturated heterocycles. The van der Waals surface area contributed by atoms with Crippen LogP contribution >= 0.6 is 0 Å². The molecule has 1 unspecified atom stereocenters. The number of nitrogens with zero attached hydrogens (tertiary/aromatic N) is 1. The van der Waals surface area contributed by atoms with Crippen LogP contribution in [0.25, 0.3) is 0 Å². The summed E-state index contributed by atoms with van der Waals surface area (Å²) in [5, 5.41) is 3.66. The lowest BCUT2D eigenvalue weighted by atomic mass is 10.1. The highest BCUT2D eigenvalue weighted by atomic mass is 15.2. The fourth-order valence-corrected chi connectivity index (χ4v) is 2.49. The van der Waals surface area contributed by atoms with Crippen LogP contribution in [0.3, 0.4) is 0 Å². The smallest absolute Gasteiger partial charge is 0.0400 e. The molecule has 94 valence electrons. The first kappa shape index (κ1) is 12.4. The first-order valence-electron chi connectivity index (χ1n) is 6.78. The summed E-state index contributed by atoms with van der Waals surface area (Å²) in [6, 6.07) is 10.1. The first-order chi connectivity index (χ1) is 8.19. The van der Waals surface area contributed by atoms with E-state index >= 15 is 0 Å². The third-order valence-electron chi connectivity index (χ3n) is 3.66. The lowest BCUT2D eigenvalue weighted by molar-refractivity contribution is 0.274. The van der Waals surface area contributed by atoms with Gasteiger partial charge in [-0.2, -0.15) is 0 Å². The second-order valence-electron chi connectivity index (χ2n) is 5.27. The van der Waals surface area contributed by atoms with Crippen molar-refractivity contribution in [3.8, 4) is 0 Å². The number of hydrogen-bond donors (Lipinski definition) is 1. The van der Waals surface area contributed by atoms with Crippen LogP contribution in [0.15, 0.2) is 24.3 Å². The molecule has 0 bridgehead atoms. The molecule has 1 aromatic rings. The van der Waals surface area contributed by atoms with E-state index in [1.54, 1.807) is 0 Å². The Hall–Kier alpha value is -1.02. The number of hydrogen-bond acceptors (Lipinski definition) is 2. The van der Waals surface area contributed by atoms with Gasteiger partial charge in [-0.25, -0.2) is 0 Å². The third-order valence-corrected chi connectivity index (χ3v) is 3.66. The minimum absolute atomic E-state index is 0.615. The van der Waals surface area contributed by atoms with Crippen molar-refractivity contribution < 1.29 is 0 Å². The van der Waals surface area contributed by atoms with Gasteiger partial charge in [-0.15, -0.1) is 0 Å². The van der Waals surface area contributed by atoms with Gasteiger partial charge in [-0.05, 0) is 44.4 Å². The molecule has 1 atom stereocenters. The Morgan fingerprint density at radius 1 is 1.41 bits per heavy atom. The Balaban J connectivity index is 1.93. The summed E-state index contributed by atoms with van der Waals surface area (Å²) >= 11 is 0. The first-order valence-corrected chi connectivity index (χ1v) is 6.78. The molecular formula is C15H24N2. The predicted molar refractivity (Wildman–Crippen MR) is 74.6 cm³/mol. The average Bonchev–Trinajstić information content (AvgIpc) is 2.78. The molecule has 0 amide bonds. The molecule has 0 spiro atoms. The highest BCUT2D eigenvalue weighted by molar-refractivity contribution is 5.46. The number of benzene rings is 1. The molecule has 17 heavy (non-hydrogen) atoms. The van der Waals surface area contributed by atoms with Crippen molar-refractivity contribution in [3.05, 3.63) is 29.8 Å². The maximum Gasteiger partial charge on any atom is 0.0400 e. The molecular weight excluding hydrogens is 208 g/mol. The lowest BCUT2D eigenvalue weighted by Gasteiger charge is -2.21. The van der Waals surface area contributed by atoms with Crippen molar-refractivity contribution >= 4 is 5.69 Å². The summed E-state index contributed by atoms with van der Waals surface area (Å²) in [6.07, 6.45) is 2.37. The Morgan fingerprint density at radius 2 is 2.24 bits per heavy atom. The normalized spacial score (nSPS) is 21.1. The summed E-state index contributed by atoms with van der Waals surface area (Å²) in [5.41, 5.74) is 2.69. The van der Waals surface area contributed by atoms with E-state index in [-0.39, 0.29) is 0 Å². The maximum absolute atomic E-state index is 3.66. The zero-order valence-corrected chi connectivity index (χ0v) is 11.2. The molecule has 2 rings (SSSR count). The number of anilines is 1. The summed E-state index contributed by atoms with van der Waals surface area (Å²) in [5.74, 6) is 0. The summed E-state index contributed by atoms with van der Waals surface area (Å²) in [7, 11) is 0. The Labute approximate surface area is 105 Å². The highest BCUT2D eigenvalue weighted by Crippen LogP contribution is 2.18. The molecule has 1 fully saturated rings. The van der Waals surface area contributed by atoms with E-state index < -0.39 is 0 Å². The largest absolute Gasteiger partial charge is 0.381 e. The van der Waals surface area contributed by atoms with Gasteiger partial charge in [0.1, 0.15) is 0 Å². The van der Waals surface area contributed by atoms with Gasteiger partial charge in [0.25, 0.3) is 0 Å². The van der Waals surface area contributed by atoms with Crippen LogP contribution in [-0.4, -0.2) is 30.1 Å². The van der Waals surface area contributed by atoms with E-state index in [9.17, 15) is 0 Å². The SMILES string of the molecule is CCc1cccc(NC2CCN(C(C)C)C2)c1. The fourth-order valence-electron chi connectivity index (χ4n) is 2.49. The van der Waals surface area contributed by atoms with E-state index in [0.717, 1.165) is 6.42 Å². The fraction of sp³-hybridized carbons (Fsp3) is 0.600. The van der Waals surface area contributed by atoms with Crippen molar-refractivity contribution in [2.45, 2.75) is 45.7 Å². The van der Waals surface area contributed by atoms with Crippen LogP contribution in [0.1, 0.15) is 32.8 Å². The molecule has 2 nitrogen and oxygen atoms in total. The Morgan fingerprint density at radius 3 is 2.88 bits per heavy atom. The van der Waals surface area contributed by atoms with Gasteiger partial charge in [0.2, 0.25) is 0 Å². The second kappa shape index (κ2) is 5.54. The van der Waals surface area contributed by atoms with Gasteiger partial charge in [-0.1, -0.05) is 19.1 Å². The van der Waals surface area contributed by atoms with Crippen molar-refractivity contribution in [1.29, 1.82) is 0 Å². The number of aryl methyl sites for hydroxylation is 1. The summed E-state index contributed by atoms with van der Waals surface area (Å²) in [6.45, 7) is 9.16. The Bertz CT molecular complexity index is 360. The molecule has 1 aliphatic heterocycles. The topological polar surface area (TPSA) is 15.3 Å². The number of rotatable bonds is 4. The molecule has 1 aliphatic rings. The average molecular weight is 232 g/mol. The van der Waals surface area contributed by atoms with E-state index in [1.807, 2.05) is 0 Å². The van der Waals surface area contributed by atoms with E-state index in [1.165, 1.54) is 30.8 Å². The van der Waals surface area contributed by atoms with Crippen LogP contribution in [0.2, 0.25) is 0 Å². The van der Waals surface area contributed by atoms with Crippen molar-refractivity contribution in [1.82, 2.24) is 4.90 Å². The van der Waals surface area contributed by atoms with Crippen LogP contribution in [0, 0.1) is 0 Å². The van der Waals surface area contributed by atoms with Crippen molar-refractivity contribution in [2.75, 3.05) is 18.4 Å². The van der Waals surface area contributed by atoms with Crippen molar-refractivity contribution in [3.63, 3.8) is 0 Å². The minimum atomic E-state index is 0.615. The standard InChI is InChI=1S/C15H24N2/c1-4-13-6-5-7-14(10-13)16-15-8-9-17(11-15)12(2)3/h5-7,10,12,15-16H,4,8-9,11H2,1-3H3. The molecule has 0 saturated carbocycles. The monoisotopic (exact) mass is 232 g/mol. The lowest BCUT2D eigenvalue weighted by Crippen LogP contribution is -2.31. The van der Waals surface area contributed by atoms with Crippen molar-refractivity contribution in [2.24, 2.45) is 0 Å². The van der Waals surface area contributed by atoms with E-state index in [4.69, 9.17) is 0 Å². The number of nitrogens with one attached hydrogen (secondary N) is 1. The van der Waals surface area contributed by atoms with Gasteiger partial charge >= 0.3 is 0 Å². The summed E-state index contributed by atoms with van der Waals surface area (Å²) in [4.78, 5) is 2.54. The molecule has 0 aliphatic carbocycles.